The Hall–Kier alpha value is -1.05. The number of alkyl halides is 10. The van der Waals surface area contributed by atoms with Crippen molar-refractivity contribution in [3.8, 4) is 0 Å². The summed E-state index contributed by atoms with van der Waals surface area (Å²) in [7, 11) is -3.93. The van der Waals surface area contributed by atoms with Crippen LogP contribution in [0.4, 0.5) is 43.9 Å². The lowest BCUT2D eigenvalue weighted by molar-refractivity contribution is -0.382. The zero-order chi connectivity index (χ0) is 17.4. The topological polar surface area (TPSA) is 0 Å². The van der Waals surface area contributed by atoms with Crippen molar-refractivity contribution >= 4 is 13.2 Å². The molecule has 0 aliphatic heterocycles. The number of hydrogen-bond donors (Lipinski definition) is 0. The Kier molecular flexibility index (Phi) is 5.06. The van der Waals surface area contributed by atoms with Gasteiger partial charge in [-0.05, 0) is 5.30 Å². The predicted octanol–water partition coefficient (Wildman–Crippen LogP) is 5.15. The molecule has 0 aliphatic carbocycles. The first-order valence-corrected chi connectivity index (χ1v) is 6.92. The van der Waals surface area contributed by atoms with Crippen LogP contribution in [0.3, 0.4) is 0 Å². The maximum atomic E-state index is 13.6. The summed E-state index contributed by atoms with van der Waals surface area (Å²) in [4.78, 5) is 0. The maximum Gasteiger partial charge on any atom is 0.460 e. The average Bonchev–Trinajstić information content (AvgIpc) is 2.38. The van der Waals surface area contributed by atoms with E-state index >= 15 is 0 Å². The van der Waals surface area contributed by atoms with E-state index in [4.69, 9.17) is 0 Å². The first kappa shape index (κ1) is 19.0. The third kappa shape index (κ3) is 2.89. The first-order chi connectivity index (χ1) is 9.80. The smallest absolute Gasteiger partial charge is 0.246 e. The van der Waals surface area contributed by atoms with Crippen molar-refractivity contribution in [1.82, 2.24) is 0 Å². The van der Waals surface area contributed by atoms with Crippen molar-refractivity contribution in [1.29, 1.82) is 0 Å². The van der Waals surface area contributed by atoms with Gasteiger partial charge < -0.3 is 0 Å². The van der Waals surface area contributed by atoms with Crippen molar-refractivity contribution in [2.24, 2.45) is 0 Å². The number of halogens is 10. The highest BCUT2D eigenvalue weighted by Crippen LogP contribution is 2.64. The monoisotopic (exact) mass is 360 g/mol. The molecule has 0 radical (unpaired) electrons. The van der Waals surface area contributed by atoms with E-state index < -0.39 is 43.3 Å². The minimum atomic E-state index is -7.01. The largest absolute Gasteiger partial charge is 0.460 e. The van der Waals surface area contributed by atoms with Crippen molar-refractivity contribution in [3.05, 3.63) is 30.3 Å². The molecule has 1 unspecified atom stereocenters. The third-order valence-corrected chi connectivity index (χ3v) is 4.77. The molecule has 11 heteroatoms. The Morgan fingerprint density at radius 1 is 0.727 bits per heavy atom. The normalized spacial score (nSPS) is 15.7. The maximum absolute atomic E-state index is 13.6. The summed E-state index contributed by atoms with van der Waals surface area (Å²) in [5.74, 6) is -13.8. The molecule has 0 heterocycles. The molecule has 1 aromatic rings. The van der Waals surface area contributed by atoms with Gasteiger partial charge in [-0.25, -0.2) is 4.39 Å². The molecule has 0 fully saturated rings. The van der Waals surface area contributed by atoms with Crippen LogP contribution in [0.5, 0.6) is 0 Å². The van der Waals surface area contributed by atoms with Crippen LogP contribution in [0.1, 0.15) is 0 Å². The molecule has 0 bridgehead atoms. The van der Waals surface area contributed by atoms with Crippen LogP contribution in [0, 0.1) is 0 Å². The lowest BCUT2D eigenvalue weighted by Gasteiger charge is -2.37. The molecule has 22 heavy (non-hydrogen) atoms. The molecule has 0 saturated carbocycles. The first-order valence-electron chi connectivity index (χ1n) is 5.39. The molecule has 0 amide bonds. The molecule has 1 atom stereocenters. The second-order valence-electron chi connectivity index (χ2n) is 4.07. The summed E-state index contributed by atoms with van der Waals surface area (Å²) in [5.41, 5.74) is -5.91. The van der Waals surface area contributed by atoms with E-state index in [-0.39, 0.29) is 0 Å². The Balaban J connectivity index is 3.36. The molecule has 1 rings (SSSR count). The number of hydrogen-bond acceptors (Lipinski definition) is 0. The predicted molar refractivity (Wildman–Crippen MR) is 59.9 cm³/mol. The van der Waals surface area contributed by atoms with Crippen molar-refractivity contribution in [2.75, 3.05) is 6.42 Å². The summed E-state index contributed by atoms with van der Waals surface area (Å²) in [5, 5.41) is -0.761. The van der Waals surface area contributed by atoms with Gasteiger partial charge in [-0.1, -0.05) is 30.3 Å². The quantitative estimate of drug-likeness (QED) is 0.504. The van der Waals surface area contributed by atoms with Gasteiger partial charge in [0, 0.05) is 7.92 Å². The lowest BCUT2D eigenvalue weighted by Crippen LogP contribution is -2.60. The van der Waals surface area contributed by atoms with Crippen LogP contribution in [0.15, 0.2) is 30.3 Å². The SMILES string of the molecule is FCP(c1ccccc1)C(F)(F)C(F)(F)C(F)(F)C(F)(F)F. The second-order valence-corrected chi connectivity index (χ2v) is 6.24. The van der Waals surface area contributed by atoms with Crippen LogP contribution in [-0.4, -0.2) is 30.1 Å². The molecule has 0 nitrogen and oxygen atoms in total. The molecule has 0 aliphatic rings. The van der Waals surface area contributed by atoms with Gasteiger partial charge in [-0.15, -0.1) is 0 Å². The van der Waals surface area contributed by atoms with E-state index in [9.17, 15) is 43.9 Å². The van der Waals surface area contributed by atoms with Crippen molar-refractivity contribution in [2.45, 2.75) is 23.7 Å². The van der Waals surface area contributed by atoms with Crippen LogP contribution in [0.2, 0.25) is 0 Å². The minimum Gasteiger partial charge on any atom is -0.246 e. The van der Waals surface area contributed by atoms with E-state index in [0.717, 1.165) is 24.3 Å². The standard InChI is InChI=1S/C11H7F10P/c12-6-22(7-4-2-1-3-5-7)11(20,21)9(15,16)8(13,14)10(17,18)19/h1-5H,6H2. The fourth-order valence-electron chi connectivity index (χ4n) is 1.45. The van der Waals surface area contributed by atoms with Gasteiger partial charge in [0.05, 0.1) is 0 Å². The molecule has 0 N–H and O–H groups in total. The molecule has 0 spiro atoms. The number of rotatable bonds is 5. The van der Waals surface area contributed by atoms with Gasteiger partial charge in [0.15, 0.2) is 0 Å². The van der Waals surface area contributed by atoms with Gasteiger partial charge in [0.1, 0.15) is 6.42 Å². The molecular weight excluding hydrogens is 353 g/mol. The third-order valence-electron chi connectivity index (χ3n) is 2.65. The summed E-state index contributed by atoms with van der Waals surface area (Å²) >= 11 is 0. The van der Waals surface area contributed by atoms with E-state index in [1.54, 1.807) is 0 Å². The highest BCUT2D eigenvalue weighted by molar-refractivity contribution is 7.66. The summed E-state index contributed by atoms with van der Waals surface area (Å²) in [6, 6.07) is 4.82. The van der Waals surface area contributed by atoms with Crippen molar-refractivity contribution < 1.29 is 43.9 Å². The fraction of sp³-hybridized carbons (Fsp3) is 0.455. The Morgan fingerprint density at radius 3 is 1.55 bits per heavy atom. The van der Waals surface area contributed by atoms with Gasteiger partial charge in [-0.2, -0.15) is 39.5 Å². The Bertz CT molecular complexity index is 495. The Labute approximate surface area is 118 Å². The lowest BCUT2D eigenvalue weighted by atomic mass is 10.1. The van der Waals surface area contributed by atoms with Gasteiger partial charge in [0.2, 0.25) is 0 Å². The van der Waals surface area contributed by atoms with Crippen molar-refractivity contribution in [3.63, 3.8) is 0 Å². The Morgan fingerprint density at radius 2 is 1.18 bits per heavy atom. The van der Waals surface area contributed by atoms with E-state index in [2.05, 4.69) is 0 Å². The highest BCUT2D eigenvalue weighted by Gasteiger charge is 2.83. The molecule has 0 saturated heterocycles. The summed E-state index contributed by atoms with van der Waals surface area (Å²) in [6.45, 7) is 0. The fourth-order valence-corrected chi connectivity index (χ4v) is 3.07. The van der Waals surface area contributed by atoms with Gasteiger partial charge >= 0.3 is 23.7 Å². The minimum absolute atomic E-state index is 0.751. The van der Waals surface area contributed by atoms with Crippen LogP contribution < -0.4 is 5.30 Å². The molecule has 0 aromatic heterocycles. The van der Waals surface area contributed by atoms with Crippen LogP contribution in [-0.2, 0) is 0 Å². The van der Waals surface area contributed by atoms with E-state index in [1.165, 1.54) is 6.07 Å². The van der Waals surface area contributed by atoms with Crippen LogP contribution in [0.25, 0.3) is 0 Å². The van der Waals surface area contributed by atoms with E-state index in [1.807, 2.05) is 0 Å². The van der Waals surface area contributed by atoms with Crippen LogP contribution >= 0.6 is 7.92 Å². The number of benzene rings is 1. The second kappa shape index (κ2) is 5.86. The molecule has 1 aromatic carbocycles. The highest BCUT2D eigenvalue weighted by atomic mass is 31.1. The summed E-state index contributed by atoms with van der Waals surface area (Å²) in [6.07, 6.45) is -9.09. The zero-order valence-electron chi connectivity index (χ0n) is 10.3. The average molecular weight is 360 g/mol. The van der Waals surface area contributed by atoms with Gasteiger partial charge in [0.25, 0.3) is 0 Å². The van der Waals surface area contributed by atoms with E-state index in [0.29, 0.717) is 0 Å². The van der Waals surface area contributed by atoms with Gasteiger partial charge in [-0.3, -0.25) is 0 Å². The molecular formula is C11H7F10P. The molecule has 126 valence electrons. The zero-order valence-corrected chi connectivity index (χ0v) is 11.2. The summed E-state index contributed by atoms with van der Waals surface area (Å²) < 4.78 is 128.